The van der Waals surface area contributed by atoms with Crippen molar-refractivity contribution in [1.82, 2.24) is 13.8 Å². The molecule has 2 saturated heterocycles. The molecule has 2 fully saturated rings. The van der Waals surface area contributed by atoms with Crippen molar-refractivity contribution in [1.29, 1.82) is 0 Å². The molecular weight excluding hydrogens is 558 g/mol. The first-order chi connectivity index (χ1) is 20.2. The van der Waals surface area contributed by atoms with E-state index in [0.717, 1.165) is 60.3 Å². The van der Waals surface area contributed by atoms with Gasteiger partial charge in [-0.2, -0.15) is 0 Å². The molecule has 11 heteroatoms. The third-order valence-corrected chi connectivity index (χ3v) is 9.38. The number of allylic oxidation sites excluding steroid dienone is 1. The van der Waals surface area contributed by atoms with Crippen molar-refractivity contribution in [2.24, 2.45) is 5.92 Å². The maximum atomic E-state index is 12.6. The van der Waals surface area contributed by atoms with Gasteiger partial charge in [0.25, 0.3) is 0 Å². The van der Waals surface area contributed by atoms with Crippen molar-refractivity contribution in [2.45, 2.75) is 96.2 Å². The number of hydrogen-bond acceptors (Lipinski definition) is 8. The second-order valence-corrected chi connectivity index (χ2v) is 12.5. The van der Waals surface area contributed by atoms with Crippen LogP contribution in [0.2, 0.25) is 0 Å². The number of carbonyl (C=O) groups excluding carboxylic acids is 2. The Hall–Kier alpha value is -3.44. The van der Waals surface area contributed by atoms with E-state index in [1.54, 1.807) is 0 Å². The highest BCUT2D eigenvalue weighted by atomic mass is 32.1. The van der Waals surface area contributed by atoms with Crippen molar-refractivity contribution in [3.8, 4) is 0 Å². The van der Waals surface area contributed by atoms with Gasteiger partial charge in [-0.25, -0.2) is 22.9 Å². The number of hydrogen-bond donors (Lipinski definition) is 1. The molecule has 0 unspecified atom stereocenters. The summed E-state index contributed by atoms with van der Waals surface area (Å²) in [5.41, 5.74) is 2.60. The predicted molar refractivity (Wildman–Crippen MR) is 158 cm³/mol. The molecular formula is C31H39N3O7S. The lowest BCUT2D eigenvalue weighted by molar-refractivity contribution is -0.140. The van der Waals surface area contributed by atoms with E-state index in [0.29, 0.717) is 25.0 Å². The molecule has 3 heterocycles. The number of unbranched alkanes of at least 4 members (excludes halogenated alkanes) is 2. The molecule has 1 aromatic carbocycles. The second kappa shape index (κ2) is 12.8. The number of aromatic nitrogens is 2. The lowest BCUT2D eigenvalue weighted by Gasteiger charge is -2.20. The molecule has 2 aliphatic heterocycles. The van der Waals surface area contributed by atoms with E-state index >= 15 is 0 Å². The highest BCUT2D eigenvalue weighted by molar-refractivity contribution is 7.03. The zero-order chi connectivity index (χ0) is 29.9. The molecule has 1 aromatic heterocycles. The summed E-state index contributed by atoms with van der Waals surface area (Å²) in [7, 11) is 0. The van der Waals surface area contributed by atoms with E-state index < -0.39 is 6.09 Å². The Kier molecular flexibility index (Phi) is 9.17. The van der Waals surface area contributed by atoms with Gasteiger partial charge in [0.2, 0.25) is 0 Å². The number of ether oxygens (including phenoxy) is 3. The van der Waals surface area contributed by atoms with E-state index in [1.165, 1.54) is 8.52 Å². The monoisotopic (exact) mass is 597 g/mol. The van der Waals surface area contributed by atoms with Gasteiger partial charge in [0.1, 0.15) is 18.8 Å². The third kappa shape index (κ3) is 6.78. The molecule has 1 N–H and O–H groups in total. The number of epoxide rings is 1. The Balaban J connectivity index is 1.10. The number of carbonyl (C=O) groups is 2. The molecule has 2 aromatic rings. The summed E-state index contributed by atoms with van der Waals surface area (Å²) in [6, 6.07) is 7.42. The fourth-order valence-electron chi connectivity index (χ4n) is 5.75. The maximum absolute atomic E-state index is 12.6. The van der Waals surface area contributed by atoms with Gasteiger partial charge in [-0.15, -0.1) is 0 Å². The van der Waals surface area contributed by atoms with E-state index in [2.05, 4.69) is 24.9 Å². The summed E-state index contributed by atoms with van der Waals surface area (Å²) < 4.78 is 19.9. The number of fused-ring (bicyclic) bond motifs is 3. The average Bonchev–Trinajstić information content (AvgIpc) is 3.47. The summed E-state index contributed by atoms with van der Waals surface area (Å²) in [5, 5.41) is 2.78. The van der Waals surface area contributed by atoms with E-state index in [-0.39, 0.29) is 60.0 Å². The Bertz CT molecular complexity index is 1470. The first-order valence-electron chi connectivity index (χ1n) is 14.7. The van der Waals surface area contributed by atoms with Crippen LogP contribution in [-0.2, 0) is 38.6 Å². The minimum absolute atomic E-state index is 0.0911. The van der Waals surface area contributed by atoms with Gasteiger partial charge in [-0.1, -0.05) is 56.7 Å². The average molecular weight is 598 g/mol. The fourth-order valence-corrected chi connectivity index (χ4v) is 6.58. The lowest BCUT2D eigenvalue weighted by Crippen LogP contribution is -2.29. The summed E-state index contributed by atoms with van der Waals surface area (Å²) in [6.07, 6.45) is 7.08. The number of amides is 1. The number of nitrogens with one attached hydrogen (secondary N) is 1. The van der Waals surface area contributed by atoms with Gasteiger partial charge in [-0.05, 0) is 55.7 Å². The molecule has 10 nitrogen and oxygen atoms in total. The number of benzene rings is 1. The minimum atomic E-state index is -0.523. The summed E-state index contributed by atoms with van der Waals surface area (Å²) in [4.78, 5) is 49.4. The summed E-state index contributed by atoms with van der Waals surface area (Å²) in [6.45, 7) is 9.31. The fraction of sp³-hybridized carbons (Fsp3) is 0.548. The Morgan fingerprint density at radius 2 is 1.95 bits per heavy atom. The van der Waals surface area contributed by atoms with Crippen LogP contribution in [0.3, 0.4) is 0 Å². The molecule has 5 rings (SSSR count). The van der Waals surface area contributed by atoms with Crippen LogP contribution in [0, 0.1) is 5.92 Å². The van der Waals surface area contributed by atoms with E-state index in [9.17, 15) is 19.2 Å². The Labute approximate surface area is 249 Å². The molecule has 0 saturated carbocycles. The van der Waals surface area contributed by atoms with Gasteiger partial charge >= 0.3 is 22.6 Å². The molecule has 42 heavy (non-hydrogen) atoms. The van der Waals surface area contributed by atoms with Crippen molar-refractivity contribution in [2.75, 3.05) is 6.61 Å². The number of nitrogens with zero attached hydrogens (tertiary/aromatic N) is 2. The Morgan fingerprint density at radius 3 is 2.71 bits per heavy atom. The van der Waals surface area contributed by atoms with Crippen molar-refractivity contribution in [3.63, 3.8) is 0 Å². The van der Waals surface area contributed by atoms with Crippen molar-refractivity contribution < 1.29 is 23.8 Å². The van der Waals surface area contributed by atoms with Gasteiger partial charge < -0.3 is 19.5 Å². The van der Waals surface area contributed by atoms with Gasteiger partial charge in [0.05, 0.1) is 12.1 Å². The maximum Gasteiger partial charge on any atom is 0.407 e. The molecule has 1 aliphatic carbocycles. The summed E-state index contributed by atoms with van der Waals surface area (Å²) in [5.74, 6) is -0.453. The smallest absolute Gasteiger partial charge is 0.407 e. The van der Waals surface area contributed by atoms with Crippen LogP contribution in [0.25, 0.3) is 0 Å². The molecule has 0 radical (unpaired) electrons. The quantitative estimate of drug-likeness (QED) is 0.143. The first kappa shape index (κ1) is 30.0. The van der Waals surface area contributed by atoms with Crippen molar-refractivity contribution >= 4 is 23.6 Å². The largest absolute Gasteiger partial charge is 0.455 e. The molecule has 4 atom stereocenters. The SMILES string of the molecule is C=C1C(=O)O[C@H]2[C@H]1CC/C(COC(=O)NCc1ccc(Cn3c(=O)sn(CCCCC)c3=O)cc1)=C\CC[C@@]1(C)O[C@@H]21. The van der Waals surface area contributed by atoms with Crippen LogP contribution in [-0.4, -0.2) is 45.0 Å². The normalized spacial score (nSPS) is 26.4. The zero-order valence-corrected chi connectivity index (χ0v) is 25.1. The molecule has 1 amide bonds. The van der Waals surface area contributed by atoms with Gasteiger partial charge in [-0.3, -0.25) is 4.79 Å². The predicted octanol–water partition coefficient (Wildman–Crippen LogP) is 4.29. The molecule has 3 aliphatic rings. The number of aryl methyl sites for hydroxylation is 1. The topological polar surface area (TPSA) is 121 Å². The van der Waals surface area contributed by atoms with Crippen LogP contribution in [0.15, 0.2) is 57.7 Å². The minimum Gasteiger partial charge on any atom is -0.455 e. The van der Waals surface area contributed by atoms with Crippen LogP contribution in [0.5, 0.6) is 0 Å². The zero-order valence-electron chi connectivity index (χ0n) is 24.3. The molecule has 226 valence electrons. The van der Waals surface area contributed by atoms with Gasteiger partial charge in [0, 0.05) is 36.1 Å². The standard InChI is InChI=1S/C31H39N3O7S/c1-4-5-6-16-34-29(37)33(30(38)42-34)18-22-11-9-21(10-12-22)17-32-28(36)39-19-23-8-7-15-31(3)26(41-31)25-24(14-13-23)20(2)27(35)40-25/h8-12,24-26H,2,4-7,13-19H2,1,3H3,(H,32,36)/b23-8+/t24-,25-,26-,31+/m0/s1. The van der Waals surface area contributed by atoms with Crippen LogP contribution in [0.1, 0.15) is 69.9 Å². The van der Waals surface area contributed by atoms with Crippen molar-refractivity contribution in [3.05, 3.63) is 79.3 Å². The lowest BCUT2D eigenvalue weighted by atomic mass is 9.84. The third-order valence-electron chi connectivity index (χ3n) is 8.45. The number of esters is 1. The Morgan fingerprint density at radius 1 is 1.19 bits per heavy atom. The molecule has 0 spiro atoms. The number of alkyl carbamates (subject to hydrolysis) is 1. The van der Waals surface area contributed by atoms with Crippen LogP contribution in [0.4, 0.5) is 4.79 Å². The summed E-state index contributed by atoms with van der Waals surface area (Å²) >= 11 is 0.968. The first-order valence-corrected chi connectivity index (χ1v) is 15.5. The van der Waals surface area contributed by atoms with E-state index in [4.69, 9.17) is 14.2 Å². The van der Waals surface area contributed by atoms with Crippen LogP contribution >= 0.6 is 11.5 Å². The van der Waals surface area contributed by atoms with E-state index in [1.807, 2.05) is 31.2 Å². The van der Waals surface area contributed by atoms with Gasteiger partial charge in [0.15, 0.2) is 0 Å². The van der Waals surface area contributed by atoms with Crippen LogP contribution < -0.4 is 15.9 Å². The second-order valence-electron chi connectivity index (χ2n) is 11.6. The highest BCUT2D eigenvalue weighted by Gasteiger charge is 2.61. The molecule has 0 bridgehead atoms. The number of rotatable bonds is 10. The highest BCUT2D eigenvalue weighted by Crippen LogP contribution is 2.49.